The van der Waals surface area contributed by atoms with Crippen molar-refractivity contribution in [1.29, 1.82) is 0 Å². The largest absolute Gasteiger partial charge is 0.421 e. The van der Waals surface area contributed by atoms with Crippen molar-refractivity contribution in [2.24, 2.45) is 0 Å². The SMILES string of the molecule is O=C(CCc1nnc(-c2ccccc2Cl)o1)NC1CC1. The van der Waals surface area contributed by atoms with E-state index in [-0.39, 0.29) is 5.91 Å². The molecule has 0 atom stereocenters. The minimum absolute atomic E-state index is 0.0324. The van der Waals surface area contributed by atoms with Gasteiger partial charge in [0.05, 0.1) is 10.6 Å². The molecule has 1 heterocycles. The van der Waals surface area contributed by atoms with Gasteiger partial charge in [0.15, 0.2) is 0 Å². The highest BCUT2D eigenvalue weighted by Gasteiger charge is 2.23. The Morgan fingerprint density at radius 3 is 2.90 bits per heavy atom. The lowest BCUT2D eigenvalue weighted by atomic mass is 10.2. The highest BCUT2D eigenvalue weighted by molar-refractivity contribution is 6.33. The summed E-state index contributed by atoms with van der Waals surface area (Å²) < 4.78 is 5.53. The van der Waals surface area contributed by atoms with Crippen LogP contribution in [-0.2, 0) is 11.2 Å². The molecule has 1 N–H and O–H groups in total. The molecule has 3 rings (SSSR count). The number of hydrogen-bond acceptors (Lipinski definition) is 4. The van der Waals surface area contributed by atoms with E-state index in [1.54, 1.807) is 6.07 Å². The fourth-order valence-corrected chi connectivity index (χ4v) is 2.06. The molecule has 1 fully saturated rings. The normalized spacial score (nSPS) is 14.2. The van der Waals surface area contributed by atoms with Gasteiger partial charge in [-0.15, -0.1) is 10.2 Å². The van der Waals surface area contributed by atoms with E-state index in [9.17, 15) is 4.79 Å². The number of carbonyl (C=O) groups is 1. The van der Waals surface area contributed by atoms with E-state index in [1.165, 1.54) is 0 Å². The predicted octanol–water partition coefficient (Wildman–Crippen LogP) is 2.60. The maximum absolute atomic E-state index is 11.6. The van der Waals surface area contributed by atoms with Crippen molar-refractivity contribution in [3.63, 3.8) is 0 Å². The maximum Gasteiger partial charge on any atom is 0.249 e. The second-order valence-corrected chi connectivity index (χ2v) is 5.23. The second kappa shape index (κ2) is 5.63. The first-order chi connectivity index (χ1) is 9.72. The molecule has 0 bridgehead atoms. The van der Waals surface area contributed by atoms with E-state index in [0.29, 0.717) is 41.3 Å². The molecular formula is C14H14ClN3O2. The predicted molar refractivity (Wildman–Crippen MR) is 74.2 cm³/mol. The smallest absolute Gasteiger partial charge is 0.249 e. The number of nitrogens with one attached hydrogen (secondary N) is 1. The fraction of sp³-hybridized carbons (Fsp3) is 0.357. The number of aryl methyl sites for hydroxylation is 1. The molecule has 1 aliphatic carbocycles. The highest BCUT2D eigenvalue weighted by atomic mass is 35.5. The Labute approximate surface area is 121 Å². The summed E-state index contributed by atoms with van der Waals surface area (Å²) in [5, 5.41) is 11.4. The monoisotopic (exact) mass is 291 g/mol. The summed E-state index contributed by atoms with van der Waals surface area (Å²) in [6, 6.07) is 7.66. The number of aromatic nitrogens is 2. The first-order valence-corrected chi connectivity index (χ1v) is 6.97. The van der Waals surface area contributed by atoms with Crippen molar-refractivity contribution >= 4 is 17.5 Å². The zero-order valence-electron chi connectivity index (χ0n) is 10.8. The van der Waals surface area contributed by atoms with Crippen LogP contribution in [0.15, 0.2) is 28.7 Å². The van der Waals surface area contributed by atoms with Crippen molar-refractivity contribution in [2.75, 3.05) is 0 Å². The molecule has 0 radical (unpaired) electrons. The van der Waals surface area contributed by atoms with Gasteiger partial charge in [-0.2, -0.15) is 0 Å². The van der Waals surface area contributed by atoms with E-state index in [2.05, 4.69) is 15.5 Å². The van der Waals surface area contributed by atoms with Crippen LogP contribution in [0.25, 0.3) is 11.5 Å². The fourth-order valence-electron chi connectivity index (χ4n) is 1.85. The van der Waals surface area contributed by atoms with Gasteiger partial charge in [-0.3, -0.25) is 4.79 Å². The standard InChI is InChI=1S/C14H14ClN3O2/c15-11-4-2-1-3-10(11)14-18-17-13(20-14)8-7-12(19)16-9-5-6-9/h1-4,9H,5-8H2,(H,16,19). The third-order valence-corrected chi connectivity index (χ3v) is 3.41. The van der Waals surface area contributed by atoms with Gasteiger partial charge in [0.25, 0.3) is 0 Å². The molecule has 20 heavy (non-hydrogen) atoms. The Balaban J connectivity index is 1.61. The maximum atomic E-state index is 11.6. The highest BCUT2D eigenvalue weighted by Crippen LogP contribution is 2.26. The number of amides is 1. The van der Waals surface area contributed by atoms with Gasteiger partial charge in [-0.05, 0) is 25.0 Å². The van der Waals surface area contributed by atoms with Crippen LogP contribution < -0.4 is 5.32 Å². The molecule has 0 aliphatic heterocycles. The molecule has 1 aromatic carbocycles. The summed E-state index contributed by atoms with van der Waals surface area (Å²) in [7, 11) is 0. The van der Waals surface area contributed by atoms with Gasteiger partial charge in [-0.1, -0.05) is 23.7 Å². The van der Waals surface area contributed by atoms with Crippen molar-refractivity contribution in [3.05, 3.63) is 35.2 Å². The molecular weight excluding hydrogens is 278 g/mol. The van der Waals surface area contributed by atoms with Gasteiger partial charge in [0.2, 0.25) is 17.7 Å². The lowest BCUT2D eigenvalue weighted by Gasteiger charge is -2.00. The zero-order valence-corrected chi connectivity index (χ0v) is 11.6. The molecule has 0 saturated heterocycles. The number of hydrogen-bond donors (Lipinski definition) is 1. The molecule has 1 aromatic heterocycles. The molecule has 0 spiro atoms. The average Bonchev–Trinajstić information content (AvgIpc) is 3.12. The number of carbonyl (C=O) groups excluding carboxylic acids is 1. The molecule has 1 amide bonds. The van der Waals surface area contributed by atoms with Crippen molar-refractivity contribution in [3.8, 4) is 11.5 Å². The van der Waals surface area contributed by atoms with Crippen LogP contribution in [0.3, 0.4) is 0 Å². The second-order valence-electron chi connectivity index (χ2n) is 4.82. The summed E-state index contributed by atoms with van der Waals surface area (Å²) in [5.74, 6) is 0.865. The molecule has 1 aliphatic rings. The third-order valence-electron chi connectivity index (χ3n) is 3.08. The first-order valence-electron chi connectivity index (χ1n) is 6.59. The number of nitrogens with zero attached hydrogens (tertiary/aromatic N) is 2. The molecule has 0 unspecified atom stereocenters. The van der Waals surface area contributed by atoms with Crippen LogP contribution in [0.5, 0.6) is 0 Å². The Morgan fingerprint density at radius 1 is 1.35 bits per heavy atom. The van der Waals surface area contributed by atoms with Gasteiger partial charge in [-0.25, -0.2) is 0 Å². The van der Waals surface area contributed by atoms with Gasteiger partial charge >= 0.3 is 0 Å². The van der Waals surface area contributed by atoms with E-state index in [0.717, 1.165) is 12.8 Å². The Bertz CT molecular complexity index is 622. The lowest BCUT2D eigenvalue weighted by molar-refractivity contribution is -0.121. The number of benzene rings is 1. The summed E-state index contributed by atoms with van der Waals surface area (Å²) in [4.78, 5) is 11.6. The van der Waals surface area contributed by atoms with E-state index in [1.807, 2.05) is 18.2 Å². The lowest BCUT2D eigenvalue weighted by Crippen LogP contribution is -2.25. The van der Waals surface area contributed by atoms with Crippen molar-refractivity contribution in [1.82, 2.24) is 15.5 Å². The molecule has 104 valence electrons. The van der Waals surface area contributed by atoms with Crippen LogP contribution in [0, 0.1) is 0 Å². The van der Waals surface area contributed by atoms with Crippen molar-refractivity contribution < 1.29 is 9.21 Å². The first kappa shape index (κ1) is 13.1. The number of rotatable bonds is 5. The Kier molecular flexibility index (Phi) is 3.69. The number of halogens is 1. The van der Waals surface area contributed by atoms with E-state index < -0.39 is 0 Å². The molecule has 2 aromatic rings. The summed E-state index contributed by atoms with van der Waals surface area (Å²) in [6.07, 6.45) is 2.97. The van der Waals surface area contributed by atoms with Gasteiger partial charge in [0, 0.05) is 18.9 Å². The average molecular weight is 292 g/mol. The topological polar surface area (TPSA) is 68.0 Å². The third kappa shape index (κ3) is 3.17. The quantitative estimate of drug-likeness (QED) is 0.919. The summed E-state index contributed by atoms with van der Waals surface area (Å²) >= 11 is 6.07. The van der Waals surface area contributed by atoms with Gasteiger partial charge < -0.3 is 9.73 Å². The van der Waals surface area contributed by atoms with Crippen LogP contribution in [0.1, 0.15) is 25.2 Å². The minimum atomic E-state index is 0.0324. The Morgan fingerprint density at radius 2 is 2.15 bits per heavy atom. The van der Waals surface area contributed by atoms with Crippen LogP contribution in [0.2, 0.25) is 5.02 Å². The zero-order chi connectivity index (χ0) is 13.9. The van der Waals surface area contributed by atoms with Crippen LogP contribution in [-0.4, -0.2) is 22.1 Å². The van der Waals surface area contributed by atoms with E-state index >= 15 is 0 Å². The van der Waals surface area contributed by atoms with Crippen molar-refractivity contribution in [2.45, 2.75) is 31.7 Å². The van der Waals surface area contributed by atoms with E-state index in [4.69, 9.17) is 16.0 Å². The summed E-state index contributed by atoms with van der Waals surface area (Å²) in [5.41, 5.74) is 0.704. The Hall–Kier alpha value is -1.88. The van der Waals surface area contributed by atoms with Gasteiger partial charge in [0.1, 0.15) is 0 Å². The minimum Gasteiger partial charge on any atom is -0.421 e. The molecule has 1 saturated carbocycles. The molecule has 5 nitrogen and oxygen atoms in total. The molecule has 6 heteroatoms. The summed E-state index contributed by atoms with van der Waals surface area (Å²) in [6.45, 7) is 0. The van der Waals surface area contributed by atoms with Crippen LogP contribution >= 0.6 is 11.6 Å². The van der Waals surface area contributed by atoms with Crippen LogP contribution in [0.4, 0.5) is 0 Å².